The molecule has 3 atom stereocenters. The molecule has 0 aliphatic heterocycles. The van der Waals surface area contributed by atoms with Gasteiger partial charge in [-0.05, 0) is 43.0 Å². The second-order valence-corrected chi connectivity index (χ2v) is 8.29. The number of carbonyl (C=O) groups excluding carboxylic acids is 2. The number of aliphatic hydroxyl groups is 1. The van der Waals surface area contributed by atoms with E-state index in [0.717, 1.165) is 24.3 Å². The maximum absolute atomic E-state index is 13.5. The maximum atomic E-state index is 13.5. The summed E-state index contributed by atoms with van der Waals surface area (Å²) in [5.74, 6) is -3.44. The van der Waals surface area contributed by atoms with Gasteiger partial charge in [-0.2, -0.15) is 18.3 Å². The summed E-state index contributed by atoms with van der Waals surface area (Å²) >= 11 is 0. The predicted octanol–water partition coefficient (Wildman–Crippen LogP) is 4.23. The SMILES string of the molecule is CC(NC(=O)C(O)c1ccccc1C(F)(F)F)C(=O)Nc1cc(CC(C)c2cc(F)cc(F)c2)n[nH]1. The third-order valence-electron chi connectivity index (χ3n) is 5.42. The van der Waals surface area contributed by atoms with Crippen LogP contribution in [0.3, 0.4) is 0 Å². The average molecular weight is 510 g/mol. The number of nitrogens with zero attached hydrogens (tertiary/aromatic N) is 1. The number of benzene rings is 2. The summed E-state index contributed by atoms with van der Waals surface area (Å²) in [7, 11) is 0. The monoisotopic (exact) mass is 510 g/mol. The first-order valence-electron chi connectivity index (χ1n) is 10.8. The van der Waals surface area contributed by atoms with Crippen LogP contribution in [0.4, 0.5) is 27.8 Å². The van der Waals surface area contributed by atoms with Crippen molar-refractivity contribution in [3.63, 3.8) is 0 Å². The molecule has 0 aliphatic carbocycles. The smallest absolute Gasteiger partial charge is 0.378 e. The summed E-state index contributed by atoms with van der Waals surface area (Å²) in [6.07, 6.45) is -6.63. The van der Waals surface area contributed by atoms with Crippen molar-refractivity contribution in [2.75, 3.05) is 5.32 Å². The molecule has 0 saturated carbocycles. The number of aliphatic hydroxyl groups excluding tert-OH is 1. The van der Waals surface area contributed by atoms with Crippen molar-refractivity contribution in [3.8, 4) is 0 Å². The molecule has 7 nitrogen and oxygen atoms in total. The third kappa shape index (κ3) is 6.66. The number of nitrogens with one attached hydrogen (secondary N) is 3. The molecule has 2 aromatic carbocycles. The zero-order chi connectivity index (χ0) is 26.6. The Bertz CT molecular complexity index is 1220. The van der Waals surface area contributed by atoms with Gasteiger partial charge in [0.1, 0.15) is 23.5 Å². The van der Waals surface area contributed by atoms with Crippen molar-refractivity contribution in [1.82, 2.24) is 15.5 Å². The molecule has 1 heterocycles. The molecule has 12 heteroatoms. The van der Waals surface area contributed by atoms with Gasteiger partial charge in [-0.25, -0.2) is 8.78 Å². The van der Waals surface area contributed by atoms with E-state index in [9.17, 15) is 36.6 Å². The fourth-order valence-electron chi connectivity index (χ4n) is 3.56. The van der Waals surface area contributed by atoms with Crippen molar-refractivity contribution >= 4 is 17.6 Å². The van der Waals surface area contributed by atoms with E-state index in [-0.39, 0.29) is 11.7 Å². The quantitative estimate of drug-likeness (QED) is 0.340. The topological polar surface area (TPSA) is 107 Å². The number of aromatic nitrogens is 2. The largest absolute Gasteiger partial charge is 0.416 e. The fourth-order valence-corrected chi connectivity index (χ4v) is 3.56. The van der Waals surface area contributed by atoms with Gasteiger partial charge < -0.3 is 15.7 Å². The summed E-state index contributed by atoms with van der Waals surface area (Å²) in [6.45, 7) is 3.04. The molecule has 0 spiro atoms. The molecule has 1 aromatic heterocycles. The molecule has 0 bridgehead atoms. The molecular formula is C24H23F5N4O3. The lowest BCUT2D eigenvalue weighted by molar-refractivity contribution is -0.141. The van der Waals surface area contributed by atoms with E-state index in [4.69, 9.17) is 0 Å². The number of hydrogen-bond donors (Lipinski definition) is 4. The second kappa shape index (κ2) is 10.9. The lowest BCUT2D eigenvalue weighted by Crippen LogP contribution is -2.44. The summed E-state index contributed by atoms with van der Waals surface area (Å²) in [5, 5.41) is 21.4. The molecule has 4 N–H and O–H groups in total. The van der Waals surface area contributed by atoms with Gasteiger partial charge >= 0.3 is 6.18 Å². The van der Waals surface area contributed by atoms with E-state index in [2.05, 4.69) is 20.8 Å². The highest BCUT2D eigenvalue weighted by Gasteiger charge is 2.36. The van der Waals surface area contributed by atoms with Crippen molar-refractivity contribution in [1.29, 1.82) is 0 Å². The molecule has 3 rings (SSSR count). The standard InChI is InChI=1S/C24H23F5N4O3/c1-12(14-8-15(25)10-16(26)9-14)7-17-11-20(33-32-17)31-22(35)13(2)30-23(36)21(34)18-5-3-4-6-19(18)24(27,28)29/h3-6,8-13,21,34H,7H2,1-2H3,(H,30,36)(H2,31,32,33,35). The molecule has 3 aromatic rings. The van der Waals surface area contributed by atoms with Crippen LogP contribution < -0.4 is 10.6 Å². The van der Waals surface area contributed by atoms with Crippen molar-refractivity contribution in [2.24, 2.45) is 0 Å². The Morgan fingerprint density at radius 3 is 2.31 bits per heavy atom. The summed E-state index contributed by atoms with van der Waals surface area (Å²) in [4.78, 5) is 24.8. The molecule has 0 radical (unpaired) electrons. The lowest BCUT2D eigenvalue weighted by Gasteiger charge is -2.19. The number of hydrogen-bond acceptors (Lipinski definition) is 4. The zero-order valence-electron chi connectivity index (χ0n) is 19.2. The van der Waals surface area contributed by atoms with E-state index in [1.165, 1.54) is 31.2 Å². The first kappa shape index (κ1) is 26.8. The van der Waals surface area contributed by atoms with E-state index in [0.29, 0.717) is 17.7 Å². The van der Waals surface area contributed by atoms with Crippen LogP contribution in [0.1, 0.15) is 48.3 Å². The number of carbonyl (C=O) groups is 2. The lowest BCUT2D eigenvalue weighted by atomic mass is 9.96. The van der Waals surface area contributed by atoms with Crippen LogP contribution in [0.2, 0.25) is 0 Å². The highest BCUT2D eigenvalue weighted by atomic mass is 19.4. The predicted molar refractivity (Wildman–Crippen MR) is 120 cm³/mol. The van der Waals surface area contributed by atoms with Crippen LogP contribution in [-0.4, -0.2) is 33.2 Å². The number of halogens is 5. The number of anilines is 1. The minimum atomic E-state index is -4.78. The van der Waals surface area contributed by atoms with E-state index in [1.54, 1.807) is 6.92 Å². The molecular weight excluding hydrogens is 487 g/mol. The minimum absolute atomic E-state index is 0.164. The van der Waals surface area contributed by atoms with Crippen LogP contribution in [0.25, 0.3) is 0 Å². The van der Waals surface area contributed by atoms with Crippen molar-refractivity contribution < 1.29 is 36.6 Å². The number of alkyl halides is 3. The van der Waals surface area contributed by atoms with Crippen LogP contribution in [0.5, 0.6) is 0 Å². The van der Waals surface area contributed by atoms with Gasteiger partial charge in [-0.1, -0.05) is 25.1 Å². The van der Waals surface area contributed by atoms with Gasteiger partial charge in [0.05, 0.1) is 11.3 Å². The normalized spacial score (nSPS) is 14.1. The highest BCUT2D eigenvalue weighted by molar-refractivity contribution is 5.97. The van der Waals surface area contributed by atoms with Gasteiger partial charge in [0, 0.05) is 17.7 Å². The number of amides is 2. The molecule has 36 heavy (non-hydrogen) atoms. The Kier molecular flexibility index (Phi) is 8.08. The van der Waals surface area contributed by atoms with Gasteiger partial charge in [0.25, 0.3) is 5.91 Å². The van der Waals surface area contributed by atoms with Crippen molar-refractivity contribution in [2.45, 2.75) is 44.5 Å². The van der Waals surface area contributed by atoms with Gasteiger partial charge in [-0.15, -0.1) is 0 Å². The van der Waals surface area contributed by atoms with Gasteiger partial charge in [-0.3, -0.25) is 14.7 Å². The number of aromatic amines is 1. The van der Waals surface area contributed by atoms with E-state index >= 15 is 0 Å². The highest BCUT2D eigenvalue weighted by Crippen LogP contribution is 2.34. The molecule has 2 amide bonds. The van der Waals surface area contributed by atoms with Crippen LogP contribution >= 0.6 is 0 Å². The Labute approximate surface area is 202 Å². The van der Waals surface area contributed by atoms with E-state index < -0.39 is 52.9 Å². The first-order valence-corrected chi connectivity index (χ1v) is 10.8. The zero-order valence-corrected chi connectivity index (χ0v) is 19.2. The Hall–Kier alpha value is -3.80. The van der Waals surface area contributed by atoms with Crippen LogP contribution in [0.15, 0.2) is 48.5 Å². The first-order chi connectivity index (χ1) is 16.8. The third-order valence-corrected chi connectivity index (χ3v) is 5.42. The van der Waals surface area contributed by atoms with Gasteiger partial charge in [0.2, 0.25) is 5.91 Å². The number of H-pyrrole nitrogens is 1. The number of rotatable bonds is 8. The molecule has 0 saturated heterocycles. The average Bonchev–Trinajstić information content (AvgIpc) is 3.23. The summed E-state index contributed by atoms with van der Waals surface area (Å²) < 4.78 is 66.4. The minimum Gasteiger partial charge on any atom is -0.378 e. The Balaban J connectivity index is 1.59. The summed E-state index contributed by atoms with van der Waals surface area (Å²) in [5.41, 5.74) is -0.882. The Morgan fingerprint density at radius 2 is 1.67 bits per heavy atom. The van der Waals surface area contributed by atoms with Crippen molar-refractivity contribution in [3.05, 3.63) is 82.5 Å². The molecule has 0 fully saturated rings. The van der Waals surface area contributed by atoms with Gasteiger partial charge in [0.15, 0.2) is 6.10 Å². The Morgan fingerprint density at radius 1 is 1.03 bits per heavy atom. The summed E-state index contributed by atoms with van der Waals surface area (Å²) in [6, 6.07) is 7.57. The molecule has 0 aliphatic rings. The fraction of sp³-hybridized carbons (Fsp3) is 0.292. The molecule has 192 valence electrons. The molecule has 3 unspecified atom stereocenters. The van der Waals surface area contributed by atoms with E-state index in [1.807, 2.05) is 0 Å². The van der Waals surface area contributed by atoms with Crippen LogP contribution in [0, 0.1) is 11.6 Å². The van der Waals surface area contributed by atoms with Crippen LogP contribution in [-0.2, 0) is 22.2 Å². The maximum Gasteiger partial charge on any atom is 0.416 e. The second-order valence-electron chi connectivity index (χ2n) is 8.29.